The summed E-state index contributed by atoms with van der Waals surface area (Å²) in [6.07, 6.45) is 0. The minimum atomic E-state index is -0.399. The molecule has 0 bridgehead atoms. The summed E-state index contributed by atoms with van der Waals surface area (Å²) in [5.41, 5.74) is 1.43. The normalized spacial score (nSPS) is 14.3. The van der Waals surface area contributed by atoms with Crippen LogP contribution in [0.4, 0.5) is 16.3 Å². The summed E-state index contributed by atoms with van der Waals surface area (Å²) in [6, 6.07) is 6.33. The van der Waals surface area contributed by atoms with Gasteiger partial charge < -0.3 is 19.9 Å². The van der Waals surface area contributed by atoms with Crippen LogP contribution in [0, 0.1) is 6.92 Å². The molecule has 1 aliphatic rings. The highest BCUT2D eigenvalue weighted by Crippen LogP contribution is 2.30. The third kappa shape index (κ3) is 3.42. The monoisotopic (exact) mass is 316 g/mol. The summed E-state index contributed by atoms with van der Waals surface area (Å²) in [7, 11) is 0. The molecule has 1 atom stereocenters. The molecule has 0 fully saturated rings. The van der Waals surface area contributed by atoms with Crippen molar-refractivity contribution in [3.8, 4) is 5.75 Å². The zero-order valence-corrected chi connectivity index (χ0v) is 12.7. The Balaban J connectivity index is 1.66. The van der Waals surface area contributed by atoms with E-state index in [0.717, 1.165) is 5.56 Å². The van der Waals surface area contributed by atoms with Crippen molar-refractivity contribution in [1.82, 2.24) is 10.5 Å². The smallest absolute Gasteiger partial charge is 0.320 e. The highest BCUT2D eigenvalue weighted by atomic mass is 16.5. The second-order valence-corrected chi connectivity index (χ2v) is 5.24. The number of hydrogen-bond acceptors (Lipinski definition) is 5. The maximum atomic E-state index is 11.9. The first-order valence-corrected chi connectivity index (χ1v) is 7.08. The third-order valence-corrected chi connectivity index (χ3v) is 3.35. The highest BCUT2D eigenvalue weighted by Gasteiger charge is 2.18. The van der Waals surface area contributed by atoms with Gasteiger partial charge in [-0.05, 0) is 31.5 Å². The van der Waals surface area contributed by atoms with Crippen molar-refractivity contribution in [1.29, 1.82) is 0 Å². The number of carbonyl (C=O) groups excluding carboxylic acids is 2. The van der Waals surface area contributed by atoms with Crippen LogP contribution in [0.2, 0.25) is 0 Å². The number of aromatic nitrogens is 1. The predicted octanol–water partition coefficient (Wildman–Crippen LogP) is 2.20. The number of amides is 3. The van der Waals surface area contributed by atoms with Crippen molar-refractivity contribution in [2.45, 2.75) is 19.9 Å². The lowest BCUT2D eigenvalue weighted by Gasteiger charge is -2.20. The number of carbonyl (C=O) groups is 2. The minimum absolute atomic E-state index is 0.0136. The number of urea groups is 1. The maximum Gasteiger partial charge on any atom is 0.320 e. The van der Waals surface area contributed by atoms with Crippen molar-refractivity contribution in [3.63, 3.8) is 0 Å². The molecule has 3 rings (SSSR count). The summed E-state index contributed by atoms with van der Waals surface area (Å²) in [5.74, 6) is 1.37. The predicted molar refractivity (Wildman–Crippen MR) is 82.4 cm³/mol. The lowest BCUT2D eigenvalue weighted by Crippen LogP contribution is -2.31. The fourth-order valence-corrected chi connectivity index (χ4v) is 2.23. The topological polar surface area (TPSA) is 105 Å². The van der Waals surface area contributed by atoms with E-state index in [1.165, 1.54) is 0 Å². The molecule has 0 saturated carbocycles. The average molecular weight is 316 g/mol. The van der Waals surface area contributed by atoms with Crippen molar-refractivity contribution in [3.05, 3.63) is 35.6 Å². The fourth-order valence-electron chi connectivity index (χ4n) is 2.23. The van der Waals surface area contributed by atoms with Crippen LogP contribution < -0.4 is 20.7 Å². The molecule has 3 N–H and O–H groups in total. The van der Waals surface area contributed by atoms with Crippen molar-refractivity contribution in [2.75, 3.05) is 17.2 Å². The quantitative estimate of drug-likeness (QED) is 0.805. The van der Waals surface area contributed by atoms with Crippen LogP contribution in [0.5, 0.6) is 5.75 Å². The Labute approximate surface area is 132 Å². The van der Waals surface area contributed by atoms with Gasteiger partial charge in [0.1, 0.15) is 11.5 Å². The van der Waals surface area contributed by atoms with Gasteiger partial charge in [-0.2, -0.15) is 0 Å². The highest BCUT2D eigenvalue weighted by molar-refractivity contribution is 5.95. The van der Waals surface area contributed by atoms with E-state index in [1.807, 2.05) is 13.0 Å². The largest absolute Gasteiger partial charge is 0.482 e. The van der Waals surface area contributed by atoms with Crippen LogP contribution in [-0.2, 0) is 4.79 Å². The van der Waals surface area contributed by atoms with E-state index in [4.69, 9.17) is 9.26 Å². The number of ether oxygens (including phenoxy) is 1. The van der Waals surface area contributed by atoms with Crippen LogP contribution in [0.15, 0.2) is 28.8 Å². The van der Waals surface area contributed by atoms with Gasteiger partial charge in [0.15, 0.2) is 12.4 Å². The number of hydrogen-bond donors (Lipinski definition) is 3. The van der Waals surface area contributed by atoms with Gasteiger partial charge in [0.05, 0.1) is 11.7 Å². The van der Waals surface area contributed by atoms with Gasteiger partial charge in [0, 0.05) is 6.07 Å². The molecule has 23 heavy (non-hydrogen) atoms. The Morgan fingerprint density at radius 2 is 2.22 bits per heavy atom. The van der Waals surface area contributed by atoms with E-state index in [0.29, 0.717) is 23.0 Å². The van der Waals surface area contributed by atoms with Crippen LogP contribution in [0.1, 0.15) is 24.3 Å². The number of anilines is 2. The van der Waals surface area contributed by atoms with Gasteiger partial charge in [-0.3, -0.25) is 10.1 Å². The molecule has 0 aliphatic carbocycles. The first-order valence-electron chi connectivity index (χ1n) is 7.08. The van der Waals surface area contributed by atoms with E-state index in [2.05, 4.69) is 21.1 Å². The lowest BCUT2D eigenvalue weighted by atomic mass is 10.1. The molecule has 8 heteroatoms. The van der Waals surface area contributed by atoms with Crippen LogP contribution >= 0.6 is 0 Å². The van der Waals surface area contributed by atoms with Crippen molar-refractivity contribution < 1.29 is 18.8 Å². The zero-order chi connectivity index (χ0) is 16.4. The second-order valence-electron chi connectivity index (χ2n) is 5.24. The summed E-state index contributed by atoms with van der Waals surface area (Å²) < 4.78 is 10.2. The Kier molecular flexibility index (Phi) is 3.88. The molecule has 8 nitrogen and oxygen atoms in total. The Bertz CT molecular complexity index is 756. The van der Waals surface area contributed by atoms with Crippen LogP contribution in [0.3, 0.4) is 0 Å². The number of nitrogens with zero attached hydrogens (tertiary/aromatic N) is 1. The van der Waals surface area contributed by atoms with Crippen LogP contribution in [-0.4, -0.2) is 23.7 Å². The minimum Gasteiger partial charge on any atom is -0.482 e. The van der Waals surface area contributed by atoms with Crippen molar-refractivity contribution in [2.24, 2.45) is 0 Å². The Morgan fingerprint density at radius 1 is 1.39 bits per heavy atom. The van der Waals surface area contributed by atoms with Gasteiger partial charge in [0.2, 0.25) is 0 Å². The van der Waals surface area contributed by atoms with Gasteiger partial charge in [0.25, 0.3) is 5.91 Å². The maximum absolute atomic E-state index is 11.9. The molecule has 2 aromatic rings. The Morgan fingerprint density at radius 3 is 2.96 bits per heavy atom. The molecule has 1 aromatic carbocycles. The third-order valence-electron chi connectivity index (χ3n) is 3.35. The average Bonchev–Trinajstić information content (AvgIpc) is 2.91. The number of fused-ring (bicyclic) bond motifs is 1. The van der Waals surface area contributed by atoms with Gasteiger partial charge in [-0.25, -0.2) is 4.79 Å². The number of benzene rings is 1. The van der Waals surface area contributed by atoms with Crippen LogP contribution in [0.25, 0.3) is 0 Å². The Hall–Kier alpha value is -3.03. The van der Waals surface area contributed by atoms with Gasteiger partial charge >= 0.3 is 6.03 Å². The lowest BCUT2D eigenvalue weighted by molar-refractivity contribution is -0.118. The fraction of sp³-hybridized carbons (Fsp3) is 0.267. The van der Waals surface area contributed by atoms with E-state index in [1.54, 1.807) is 25.1 Å². The summed E-state index contributed by atoms with van der Waals surface area (Å²) in [5, 5.41) is 11.8. The standard InChI is InChI=1S/C15H16N4O4/c1-8-5-13(19-23-8)18-15(21)16-9(2)10-3-4-12-11(6-10)17-14(20)7-22-12/h3-6,9H,7H2,1-2H3,(H,17,20)(H2,16,18,19,21). The summed E-state index contributed by atoms with van der Waals surface area (Å²) in [4.78, 5) is 23.3. The van der Waals surface area contributed by atoms with E-state index in [9.17, 15) is 9.59 Å². The van der Waals surface area contributed by atoms with Crippen molar-refractivity contribution >= 4 is 23.4 Å². The zero-order valence-electron chi connectivity index (χ0n) is 12.7. The molecular weight excluding hydrogens is 300 g/mol. The van der Waals surface area contributed by atoms with Gasteiger partial charge in [-0.15, -0.1) is 0 Å². The van der Waals surface area contributed by atoms with E-state index < -0.39 is 6.03 Å². The molecule has 0 saturated heterocycles. The van der Waals surface area contributed by atoms with E-state index in [-0.39, 0.29) is 18.6 Å². The molecule has 0 spiro atoms. The molecule has 3 amide bonds. The number of rotatable bonds is 3. The molecule has 1 unspecified atom stereocenters. The SMILES string of the molecule is Cc1cc(NC(=O)NC(C)c2ccc3c(c2)NC(=O)CO3)no1. The molecule has 2 heterocycles. The molecular formula is C15H16N4O4. The van der Waals surface area contributed by atoms with Gasteiger partial charge in [-0.1, -0.05) is 11.2 Å². The van der Waals surface area contributed by atoms with E-state index >= 15 is 0 Å². The first-order chi connectivity index (χ1) is 11.0. The molecule has 1 aromatic heterocycles. The molecule has 120 valence electrons. The second kappa shape index (κ2) is 5.99. The molecule has 0 radical (unpaired) electrons. The number of nitrogens with one attached hydrogen (secondary N) is 3. The number of aryl methyl sites for hydroxylation is 1. The molecule has 1 aliphatic heterocycles. The summed E-state index contributed by atoms with van der Waals surface area (Å²) >= 11 is 0. The summed E-state index contributed by atoms with van der Waals surface area (Å²) in [6.45, 7) is 3.59. The first kappa shape index (κ1) is 14.9.